The van der Waals surface area contributed by atoms with Crippen LogP contribution in [0.3, 0.4) is 0 Å². The number of aromatic nitrogens is 1. The molecule has 0 spiro atoms. The first-order chi connectivity index (χ1) is 12.4. The van der Waals surface area contributed by atoms with Gasteiger partial charge in [-0.3, -0.25) is 4.79 Å². The maximum absolute atomic E-state index is 12.1. The lowest BCUT2D eigenvalue weighted by Gasteiger charge is -2.09. The van der Waals surface area contributed by atoms with E-state index in [1.54, 1.807) is 24.4 Å². The molecule has 0 radical (unpaired) electrons. The van der Waals surface area contributed by atoms with Crippen molar-refractivity contribution >= 4 is 23.1 Å². The zero-order chi connectivity index (χ0) is 19.1. The van der Waals surface area contributed by atoms with E-state index in [-0.39, 0.29) is 6.61 Å². The minimum atomic E-state index is -1.02. The lowest BCUT2D eigenvalue weighted by molar-refractivity contribution is -0.150. The molecule has 136 valence electrons. The predicted molar refractivity (Wildman–Crippen MR) is 97.2 cm³/mol. The van der Waals surface area contributed by atoms with Crippen molar-refractivity contribution in [3.05, 3.63) is 45.9 Å². The molecule has 1 atom stereocenters. The molecule has 0 aliphatic heterocycles. The van der Waals surface area contributed by atoms with Gasteiger partial charge in [-0.1, -0.05) is 26.0 Å². The van der Waals surface area contributed by atoms with E-state index in [4.69, 9.17) is 14.7 Å². The van der Waals surface area contributed by atoms with E-state index in [9.17, 15) is 9.59 Å². The second-order valence-electron chi connectivity index (χ2n) is 6.03. The monoisotopic (exact) mass is 372 g/mol. The van der Waals surface area contributed by atoms with Crippen LogP contribution in [0.1, 0.15) is 41.9 Å². The van der Waals surface area contributed by atoms with Crippen molar-refractivity contribution in [2.24, 2.45) is 0 Å². The minimum Gasteiger partial charge on any atom is -0.482 e. The van der Waals surface area contributed by atoms with Gasteiger partial charge in [0.1, 0.15) is 10.8 Å². The molecule has 0 saturated carbocycles. The van der Waals surface area contributed by atoms with Crippen molar-refractivity contribution in [3.8, 4) is 11.8 Å². The van der Waals surface area contributed by atoms with E-state index < -0.39 is 24.3 Å². The second kappa shape index (κ2) is 9.11. The molecular weight excluding hydrogens is 352 g/mol. The summed E-state index contributed by atoms with van der Waals surface area (Å²) in [6.07, 6.45) is 0. The largest absolute Gasteiger partial charge is 0.482 e. The van der Waals surface area contributed by atoms with E-state index >= 15 is 0 Å². The first-order valence-corrected chi connectivity index (χ1v) is 9.01. The number of benzene rings is 1. The minimum absolute atomic E-state index is 0.304. The topological polar surface area (TPSA) is 89.3 Å². The van der Waals surface area contributed by atoms with Crippen molar-refractivity contribution in [1.29, 1.82) is 5.26 Å². The van der Waals surface area contributed by atoms with Crippen molar-refractivity contribution in [2.75, 3.05) is 13.2 Å². The first-order valence-electron chi connectivity index (χ1n) is 8.13. The number of thiazole rings is 1. The van der Waals surface area contributed by atoms with Gasteiger partial charge in [-0.2, -0.15) is 5.26 Å². The van der Waals surface area contributed by atoms with Gasteiger partial charge < -0.3 is 9.47 Å². The third-order valence-electron chi connectivity index (χ3n) is 3.61. The van der Waals surface area contributed by atoms with Gasteiger partial charge in [0.15, 0.2) is 24.9 Å². The second-order valence-corrected chi connectivity index (χ2v) is 6.92. The zero-order valence-electron chi connectivity index (χ0n) is 14.9. The maximum atomic E-state index is 12.1. The van der Waals surface area contributed by atoms with Gasteiger partial charge in [0.2, 0.25) is 0 Å². The third-order valence-corrected chi connectivity index (χ3v) is 4.64. The standard InChI is InChI=1S/C19H20N2O4S/c1-12(2)14-4-6-15(7-5-14)24-10-18(23)25-9-17(22)16(8-20)19-21-13(3)11-26-19/h4-7,11-12,16H,9-10H2,1-3H3/t16-/m1/s1. The number of Topliss-reactive ketones (excluding diaryl/α,β-unsaturated/α-hetero) is 1. The van der Waals surface area contributed by atoms with E-state index in [1.165, 1.54) is 16.9 Å². The SMILES string of the molecule is Cc1csc([C@H](C#N)C(=O)COC(=O)COc2ccc(C(C)C)cc2)n1. The normalized spacial score (nSPS) is 11.7. The van der Waals surface area contributed by atoms with Crippen LogP contribution in [0.15, 0.2) is 29.6 Å². The number of aryl methyl sites for hydroxylation is 1. The number of nitriles is 1. The fraction of sp³-hybridized carbons (Fsp3) is 0.368. The van der Waals surface area contributed by atoms with Crippen molar-refractivity contribution in [1.82, 2.24) is 4.98 Å². The van der Waals surface area contributed by atoms with Crippen molar-refractivity contribution in [2.45, 2.75) is 32.6 Å². The number of esters is 1. The van der Waals surface area contributed by atoms with Crippen LogP contribution >= 0.6 is 11.3 Å². The molecule has 26 heavy (non-hydrogen) atoms. The predicted octanol–water partition coefficient (Wildman–Crippen LogP) is 3.37. The summed E-state index contributed by atoms with van der Waals surface area (Å²) in [5.74, 6) is -1.23. The number of hydrogen-bond acceptors (Lipinski definition) is 7. The van der Waals surface area contributed by atoms with Crippen LogP contribution in [-0.2, 0) is 14.3 Å². The highest BCUT2D eigenvalue weighted by Crippen LogP contribution is 2.21. The third kappa shape index (κ3) is 5.39. The number of carbonyl (C=O) groups excluding carboxylic acids is 2. The highest BCUT2D eigenvalue weighted by atomic mass is 32.1. The Morgan fingerprint density at radius 3 is 2.46 bits per heavy atom. The lowest BCUT2D eigenvalue weighted by atomic mass is 10.0. The van der Waals surface area contributed by atoms with Crippen molar-refractivity contribution < 1.29 is 19.1 Å². The van der Waals surface area contributed by atoms with Crippen LogP contribution in [0, 0.1) is 18.3 Å². The molecule has 2 rings (SSSR count). The van der Waals surface area contributed by atoms with Crippen LogP contribution < -0.4 is 4.74 Å². The Balaban J connectivity index is 1.80. The Kier molecular flexibility index (Phi) is 6.87. The molecule has 0 fully saturated rings. The summed E-state index contributed by atoms with van der Waals surface area (Å²) in [6.45, 7) is 5.18. The van der Waals surface area contributed by atoms with E-state index in [0.717, 1.165) is 5.69 Å². The maximum Gasteiger partial charge on any atom is 0.344 e. The number of ether oxygens (including phenoxy) is 2. The van der Waals surface area contributed by atoms with Gasteiger partial charge in [-0.25, -0.2) is 9.78 Å². The fourth-order valence-corrected chi connectivity index (χ4v) is 3.00. The van der Waals surface area contributed by atoms with Gasteiger partial charge in [-0.05, 0) is 30.5 Å². The zero-order valence-corrected chi connectivity index (χ0v) is 15.7. The molecule has 0 N–H and O–H groups in total. The molecular formula is C19H20N2O4S. The quantitative estimate of drug-likeness (QED) is 0.660. The van der Waals surface area contributed by atoms with Crippen LogP contribution in [0.2, 0.25) is 0 Å². The van der Waals surface area contributed by atoms with Gasteiger partial charge in [0.25, 0.3) is 0 Å². The Morgan fingerprint density at radius 1 is 1.23 bits per heavy atom. The fourth-order valence-electron chi connectivity index (χ4n) is 2.14. The average Bonchev–Trinajstić information content (AvgIpc) is 3.05. The molecule has 0 bridgehead atoms. The van der Waals surface area contributed by atoms with Crippen LogP contribution in [0.25, 0.3) is 0 Å². The summed E-state index contributed by atoms with van der Waals surface area (Å²) >= 11 is 1.24. The summed E-state index contributed by atoms with van der Waals surface area (Å²) in [5, 5.41) is 11.3. The molecule has 2 aromatic rings. The van der Waals surface area contributed by atoms with Crippen LogP contribution in [0.5, 0.6) is 5.75 Å². The van der Waals surface area contributed by atoms with Crippen molar-refractivity contribution in [3.63, 3.8) is 0 Å². The first kappa shape index (κ1) is 19.6. The van der Waals surface area contributed by atoms with Gasteiger partial charge >= 0.3 is 5.97 Å². The molecule has 7 heteroatoms. The van der Waals surface area contributed by atoms with Gasteiger partial charge in [0.05, 0.1) is 6.07 Å². The summed E-state index contributed by atoms with van der Waals surface area (Å²) in [7, 11) is 0. The Morgan fingerprint density at radius 2 is 1.92 bits per heavy atom. The van der Waals surface area contributed by atoms with Gasteiger partial charge in [-0.15, -0.1) is 11.3 Å². The molecule has 6 nitrogen and oxygen atoms in total. The molecule has 1 heterocycles. The summed E-state index contributed by atoms with van der Waals surface area (Å²) < 4.78 is 10.3. The molecule has 1 aromatic heterocycles. The highest BCUT2D eigenvalue weighted by Gasteiger charge is 2.24. The van der Waals surface area contributed by atoms with E-state index in [0.29, 0.717) is 16.7 Å². The van der Waals surface area contributed by atoms with Crippen LogP contribution in [-0.4, -0.2) is 30.0 Å². The van der Waals surface area contributed by atoms with Gasteiger partial charge in [0, 0.05) is 11.1 Å². The van der Waals surface area contributed by atoms with E-state index in [1.807, 2.05) is 18.2 Å². The number of hydrogen-bond donors (Lipinski definition) is 0. The van der Waals surface area contributed by atoms with E-state index in [2.05, 4.69) is 18.8 Å². The number of ketones is 1. The average molecular weight is 372 g/mol. The van der Waals surface area contributed by atoms with Crippen LogP contribution in [0.4, 0.5) is 0 Å². The molecule has 0 amide bonds. The highest BCUT2D eigenvalue weighted by molar-refractivity contribution is 7.09. The molecule has 0 aliphatic carbocycles. The molecule has 0 unspecified atom stereocenters. The Bertz CT molecular complexity index is 806. The summed E-state index contributed by atoms with van der Waals surface area (Å²) in [5.41, 5.74) is 1.91. The summed E-state index contributed by atoms with van der Waals surface area (Å²) in [6, 6.07) is 9.33. The molecule has 1 aromatic carbocycles. The molecule has 0 aliphatic rings. The Hall–Kier alpha value is -2.72. The number of nitrogens with zero attached hydrogens (tertiary/aromatic N) is 2. The number of rotatable bonds is 8. The smallest absolute Gasteiger partial charge is 0.344 e. The lowest BCUT2D eigenvalue weighted by Crippen LogP contribution is -2.22. The summed E-state index contributed by atoms with van der Waals surface area (Å²) in [4.78, 5) is 28.0. The Labute approximate surface area is 156 Å². The number of carbonyl (C=O) groups is 2. The molecule has 0 saturated heterocycles.